The molecule has 8 heteroatoms. The highest BCUT2D eigenvalue weighted by Crippen LogP contribution is 2.69. The molecule has 0 unspecified atom stereocenters. The molecule has 1 saturated carbocycles. The van der Waals surface area contributed by atoms with Crippen molar-refractivity contribution in [2.24, 2.45) is 0 Å². The van der Waals surface area contributed by atoms with Crippen molar-refractivity contribution in [1.29, 1.82) is 0 Å². The van der Waals surface area contributed by atoms with E-state index in [1.807, 2.05) is 12.1 Å². The molecule has 188 valence electrons. The van der Waals surface area contributed by atoms with Crippen LogP contribution < -0.4 is 4.74 Å². The number of nitrogens with zero attached hydrogens (tertiary/aromatic N) is 2. The standard InChI is InChI=1S/C28H30N2O6/c31-18-7-6-17-12-19-28(32)9-8-27(25-30-20(14-34-25)33-15-21(30)36-27)24-26(28,22(17)23(18)35-24)10-11-29(19)13-16-4-2-1-3-5-16/h1-7,19-21,24-25,31-32H,8-15H2/t19-,20-,21-,24-,25-,26+,27+,28-/m1/s1. The van der Waals surface area contributed by atoms with E-state index in [0.29, 0.717) is 31.8 Å². The Bertz CT molecular complexity index is 1270. The molecule has 5 heterocycles. The molecule has 5 aliphatic heterocycles. The second-order valence-electron chi connectivity index (χ2n) is 11.7. The Morgan fingerprint density at radius 1 is 0.972 bits per heavy atom. The second-order valence-corrected chi connectivity index (χ2v) is 11.7. The van der Waals surface area contributed by atoms with Gasteiger partial charge in [-0.25, -0.2) is 4.90 Å². The number of rotatable bonds is 2. The van der Waals surface area contributed by atoms with Crippen molar-refractivity contribution in [1.82, 2.24) is 9.80 Å². The fraction of sp³-hybridized carbons (Fsp3) is 0.571. The zero-order valence-electron chi connectivity index (χ0n) is 20.0. The van der Waals surface area contributed by atoms with Gasteiger partial charge in [-0.15, -0.1) is 0 Å². The number of piperidine rings is 1. The van der Waals surface area contributed by atoms with E-state index in [9.17, 15) is 10.2 Å². The molecule has 2 aromatic rings. The Labute approximate surface area is 209 Å². The third kappa shape index (κ3) is 2.17. The van der Waals surface area contributed by atoms with Gasteiger partial charge in [0.25, 0.3) is 0 Å². The van der Waals surface area contributed by atoms with E-state index in [1.54, 1.807) is 6.07 Å². The second kappa shape index (κ2) is 6.62. The molecule has 2 aromatic carbocycles. The molecule has 36 heavy (non-hydrogen) atoms. The first-order valence-corrected chi connectivity index (χ1v) is 13.3. The van der Waals surface area contributed by atoms with E-state index in [4.69, 9.17) is 18.9 Å². The van der Waals surface area contributed by atoms with E-state index in [-0.39, 0.29) is 30.5 Å². The van der Waals surface area contributed by atoms with Gasteiger partial charge in [-0.05, 0) is 42.9 Å². The number of phenolic OH excluding ortho intramolecular Hbond substituents is 1. The zero-order chi connectivity index (χ0) is 23.9. The summed E-state index contributed by atoms with van der Waals surface area (Å²) in [5.41, 5.74) is 1.06. The summed E-state index contributed by atoms with van der Waals surface area (Å²) < 4.78 is 25.9. The van der Waals surface area contributed by atoms with Crippen LogP contribution in [0.15, 0.2) is 42.5 Å². The predicted octanol–water partition coefficient (Wildman–Crippen LogP) is 1.86. The van der Waals surface area contributed by atoms with Crippen LogP contribution >= 0.6 is 0 Å². The van der Waals surface area contributed by atoms with Crippen LogP contribution in [-0.4, -0.2) is 81.8 Å². The normalized spacial score (nSPS) is 45.6. The summed E-state index contributed by atoms with van der Waals surface area (Å²) in [4.78, 5) is 4.69. The molecule has 0 amide bonds. The molecule has 2 spiro atoms. The topological polar surface area (TPSA) is 83.9 Å². The zero-order valence-corrected chi connectivity index (χ0v) is 20.0. The van der Waals surface area contributed by atoms with Crippen molar-refractivity contribution >= 4 is 0 Å². The monoisotopic (exact) mass is 490 g/mol. The fourth-order valence-electron chi connectivity index (χ4n) is 9.09. The molecule has 7 aliphatic rings. The van der Waals surface area contributed by atoms with Gasteiger partial charge in [0, 0.05) is 24.7 Å². The maximum atomic E-state index is 12.8. The van der Waals surface area contributed by atoms with E-state index in [0.717, 1.165) is 31.5 Å². The van der Waals surface area contributed by atoms with Gasteiger partial charge in [0.05, 0.1) is 24.2 Å². The van der Waals surface area contributed by atoms with Crippen LogP contribution in [0.3, 0.4) is 0 Å². The number of likely N-dealkylation sites (tertiary alicyclic amines) is 1. The van der Waals surface area contributed by atoms with E-state index >= 15 is 0 Å². The molecular formula is C28H30N2O6. The van der Waals surface area contributed by atoms with Gasteiger partial charge in [0.2, 0.25) is 0 Å². The SMILES string of the molecule is Oc1ccc2c3c1O[C@H]1[C@]4(CC[C@@]5(O)[C@@H](C2)N(Cc2ccccc2)CC[C@]315)O[C@@H]1CO[C@@H]2CO[C@H]4N21. The number of hydrogen-bond donors (Lipinski definition) is 2. The molecule has 8 atom stereocenters. The minimum atomic E-state index is -0.993. The average molecular weight is 491 g/mol. The summed E-state index contributed by atoms with van der Waals surface area (Å²) in [6.07, 6.45) is 1.75. The van der Waals surface area contributed by atoms with Crippen LogP contribution in [0.5, 0.6) is 11.5 Å². The summed E-state index contributed by atoms with van der Waals surface area (Å²) in [5, 5.41) is 23.8. The molecular weight excluding hydrogens is 460 g/mol. The minimum absolute atomic E-state index is 0.0420. The lowest BCUT2D eigenvalue weighted by Gasteiger charge is -2.66. The van der Waals surface area contributed by atoms with Crippen molar-refractivity contribution in [2.45, 2.75) is 79.7 Å². The Kier molecular flexibility index (Phi) is 3.83. The highest BCUT2D eigenvalue weighted by atomic mass is 16.7. The van der Waals surface area contributed by atoms with Crippen molar-refractivity contribution in [2.75, 3.05) is 19.8 Å². The van der Waals surface area contributed by atoms with E-state index in [2.05, 4.69) is 34.1 Å². The smallest absolute Gasteiger partial charge is 0.165 e. The van der Waals surface area contributed by atoms with Gasteiger partial charge in [-0.3, -0.25) is 4.90 Å². The lowest BCUT2D eigenvalue weighted by Crippen LogP contribution is -2.80. The minimum Gasteiger partial charge on any atom is -0.504 e. The summed E-state index contributed by atoms with van der Waals surface area (Å²) in [6.45, 7) is 2.69. The molecule has 2 bridgehead atoms. The van der Waals surface area contributed by atoms with Crippen molar-refractivity contribution in [3.05, 3.63) is 59.2 Å². The third-order valence-corrected chi connectivity index (χ3v) is 10.4. The summed E-state index contributed by atoms with van der Waals surface area (Å²) >= 11 is 0. The van der Waals surface area contributed by atoms with Crippen LogP contribution in [0.2, 0.25) is 0 Å². The number of hydrogen-bond acceptors (Lipinski definition) is 8. The van der Waals surface area contributed by atoms with Gasteiger partial charge in [-0.1, -0.05) is 36.4 Å². The van der Waals surface area contributed by atoms with Crippen LogP contribution in [0.1, 0.15) is 36.0 Å². The first kappa shape index (κ1) is 20.8. The first-order valence-electron chi connectivity index (χ1n) is 13.3. The highest BCUT2D eigenvalue weighted by molar-refractivity contribution is 5.63. The van der Waals surface area contributed by atoms with Gasteiger partial charge >= 0.3 is 0 Å². The van der Waals surface area contributed by atoms with E-state index in [1.165, 1.54) is 11.1 Å². The Morgan fingerprint density at radius 2 is 1.83 bits per heavy atom. The van der Waals surface area contributed by atoms with Crippen LogP contribution in [-0.2, 0) is 32.6 Å². The number of fused-ring (bicyclic) bond motifs is 2. The number of aliphatic hydroxyl groups is 1. The van der Waals surface area contributed by atoms with Crippen LogP contribution in [0.4, 0.5) is 0 Å². The molecule has 2 N–H and O–H groups in total. The molecule has 8 nitrogen and oxygen atoms in total. The predicted molar refractivity (Wildman–Crippen MR) is 126 cm³/mol. The summed E-state index contributed by atoms with van der Waals surface area (Å²) in [5.74, 6) is 0.681. The van der Waals surface area contributed by atoms with Gasteiger partial charge in [-0.2, -0.15) is 0 Å². The van der Waals surface area contributed by atoms with Gasteiger partial charge in [0.15, 0.2) is 11.5 Å². The molecule has 2 aliphatic carbocycles. The van der Waals surface area contributed by atoms with Gasteiger partial charge in [0.1, 0.15) is 30.4 Å². The number of ether oxygens (including phenoxy) is 4. The average Bonchev–Trinajstić information content (AvgIpc) is 3.63. The summed E-state index contributed by atoms with van der Waals surface area (Å²) in [7, 11) is 0. The quantitative estimate of drug-likeness (QED) is 0.660. The number of phenols is 1. The third-order valence-electron chi connectivity index (χ3n) is 10.4. The van der Waals surface area contributed by atoms with Gasteiger partial charge < -0.3 is 29.2 Å². The van der Waals surface area contributed by atoms with Crippen molar-refractivity contribution in [3.63, 3.8) is 0 Å². The molecule has 5 fully saturated rings. The number of benzene rings is 2. The largest absolute Gasteiger partial charge is 0.504 e. The molecule has 9 rings (SSSR count). The summed E-state index contributed by atoms with van der Waals surface area (Å²) in [6, 6.07) is 14.3. The maximum absolute atomic E-state index is 12.8. The van der Waals surface area contributed by atoms with E-state index < -0.39 is 22.7 Å². The van der Waals surface area contributed by atoms with Crippen LogP contribution in [0, 0.1) is 0 Å². The lowest BCUT2D eigenvalue weighted by molar-refractivity contribution is -0.259. The molecule has 0 aromatic heterocycles. The number of aromatic hydroxyl groups is 1. The Balaban J connectivity index is 1.21. The highest BCUT2D eigenvalue weighted by Gasteiger charge is 2.80. The van der Waals surface area contributed by atoms with Crippen LogP contribution in [0.25, 0.3) is 0 Å². The van der Waals surface area contributed by atoms with Crippen molar-refractivity contribution in [3.8, 4) is 11.5 Å². The fourth-order valence-corrected chi connectivity index (χ4v) is 9.09. The molecule has 0 radical (unpaired) electrons. The first-order chi connectivity index (χ1) is 17.6. The Morgan fingerprint density at radius 3 is 2.72 bits per heavy atom. The van der Waals surface area contributed by atoms with Crippen molar-refractivity contribution < 1.29 is 29.2 Å². The lowest BCUT2D eigenvalue weighted by atomic mass is 9.46. The maximum Gasteiger partial charge on any atom is 0.165 e. The molecule has 4 saturated heterocycles. The Hall–Kier alpha value is -2.20.